The Morgan fingerprint density at radius 2 is 1.95 bits per heavy atom. The van der Waals surface area contributed by atoms with Gasteiger partial charge in [0, 0.05) is 17.8 Å². The number of hydrogen-bond donors (Lipinski definition) is 0. The molecule has 2 aromatic rings. The highest BCUT2D eigenvalue weighted by Crippen LogP contribution is 2.23. The molecular formula is C13H13F2N3O. The summed E-state index contributed by atoms with van der Waals surface area (Å²) >= 11 is 0. The second-order valence-electron chi connectivity index (χ2n) is 4.24. The monoisotopic (exact) mass is 265 g/mol. The summed E-state index contributed by atoms with van der Waals surface area (Å²) in [5.41, 5.74) is 0.120. The molecule has 4 nitrogen and oxygen atoms in total. The minimum absolute atomic E-state index is 0.0708. The molecule has 0 spiro atoms. The zero-order chi connectivity index (χ0) is 14.2. The van der Waals surface area contributed by atoms with Crippen molar-refractivity contribution in [3.05, 3.63) is 45.5 Å². The molecule has 0 aliphatic rings. The first kappa shape index (κ1) is 13.3. The number of nitrogens with zero attached hydrogens (tertiary/aromatic N) is 3. The average molecular weight is 265 g/mol. The molecule has 0 amide bonds. The average Bonchev–Trinajstić information content (AvgIpc) is 2.32. The first-order valence-corrected chi connectivity index (χ1v) is 5.85. The summed E-state index contributed by atoms with van der Waals surface area (Å²) in [6, 6.07) is 2.50. The topological polar surface area (TPSA) is 47.8 Å². The lowest BCUT2D eigenvalue weighted by molar-refractivity contribution is 0.548. The van der Waals surface area contributed by atoms with E-state index in [9.17, 15) is 13.6 Å². The molecule has 2 rings (SSSR count). The molecule has 0 fully saturated rings. The fourth-order valence-corrected chi connectivity index (χ4v) is 1.84. The Balaban J connectivity index is 2.73. The van der Waals surface area contributed by atoms with Gasteiger partial charge in [0.15, 0.2) is 0 Å². The van der Waals surface area contributed by atoms with Gasteiger partial charge in [0.05, 0.1) is 11.3 Å². The quantitative estimate of drug-likeness (QED) is 0.782. The Hall–Kier alpha value is -2.11. The van der Waals surface area contributed by atoms with Gasteiger partial charge in [-0.1, -0.05) is 0 Å². The highest BCUT2D eigenvalue weighted by Gasteiger charge is 2.17. The van der Waals surface area contributed by atoms with Gasteiger partial charge in [-0.05, 0) is 32.9 Å². The summed E-state index contributed by atoms with van der Waals surface area (Å²) in [6.07, 6.45) is 0. The number of rotatable bonds is 2. The normalized spacial score (nSPS) is 10.8. The lowest BCUT2D eigenvalue weighted by Crippen LogP contribution is -2.24. The molecule has 0 radical (unpaired) electrons. The molecule has 0 aliphatic heterocycles. The number of halogens is 2. The highest BCUT2D eigenvalue weighted by molar-refractivity contribution is 5.59. The molecular weight excluding hydrogens is 252 g/mol. The van der Waals surface area contributed by atoms with E-state index in [0.29, 0.717) is 12.1 Å². The van der Waals surface area contributed by atoms with Crippen LogP contribution in [0.2, 0.25) is 0 Å². The van der Waals surface area contributed by atoms with Crippen LogP contribution in [0.4, 0.5) is 8.78 Å². The molecule has 0 aliphatic carbocycles. The SMILES string of the molecule is CCn1nc(-c2c(F)cc(C)nc2F)cc(C)c1=O. The maximum Gasteiger partial charge on any atom is 0.269 e. The van der Waals surface area contributed by atoms with Crippen molar-refractivity contribution in [3.8, 4) is 11.3 Å². The van der Waals surface area contributed by atoms with E-state index in [-0.39, 0.29) is 22.5 Å². The summed E-state index contributed by atoms with van der Waals surface area (Å²) in [4.78, 5) is 15.3. The summed E-state index contributed by atoms with van der Waals surface area (Å²) in [5.74, 6) is -1.66. The van der Waals surface area contributed by atoms with Crippen LogP contribution in [-0.2, 0) is 6.54 Å². The minimum atomic E-state index is -0.925. The standard InChI is InChI=1S/C13H13F2N3O/c1-4-18-13(19)7(2)5-10(17-18)11-9(14)6-8(3)16-12(11)15/h5-6H,4H2,1-3H3. The van der Waals surface area contributed by atoms with Crippen LogP contribution >= 0.6 is 0 Å². The number of aryl methyl sites for hydroxylation is 3. The smallest absolute Gasteiger partial charge is 0.268 e. The largest absolute Gasteiger partial charge is 0.269 e. The number of pyridine rings is 1. The third-order valence-corrected chi connectivity index (χ3v) is 2.76. The number of aromatic nitrogens is 3. The van der Waals surface area contributed by atoms with Crippen molar-refractivity contribution >= 4 is 0 Å². The van der Waals surface area contributed by atoms with Gasteiger partial charge >= 0.3 is 0 Å². The van der Waals surface area contributed by atoms with Crippen LogP contribution in [0.25, 0.3) is 11.3 Å². The third kappa shape index (κ3) is 2.38. The van der Waals surface area contributed by atoms with Crippen molar-refractivity contribution in [2.45, 2.75) is 27.3 Å². The predicted octanol–water partition coefficient (Wildman–Crippen LogP) is 2.22. The van der Waals surface area contributed by atoms with Gasteiger partial charge in [0.1, 0.15) is 5.82 Å². The van der Waals surface area contributed by atoms with Gasteiger partial charge in [-0.3, -0.25) is 4.79 Å². The van der Waals surface area contributed by atoms with E-state index >= 15 is 0 Å². The Morgan fingerprint density at radius 1 is 1.26 bits per heavy atom. The van der Waals surface area contributed by atoms with Crippen molar-refractivity contribution in [1.82, 2.24) is 14.8 Å². The van der Waals surface area contributed by atoms with Gasteiger partial charge in [-0.15, -0.1) is 0 Å². The fraction of sp³-hybridized carbons (Fsp3) is 0.308. The maximum atomic E-state index is 13.9. The van der Waals surface area contributed by atoms with Gasteiger partial charge < -0.3 is 0 Å². The van der Waals surface area contributed by atoms with Gasteiger partial charge in [-0.25, -0.2) is 14.1 Å². The molecule has 0 bridgehead atoms. The van der Waals surface area contributed by atoms with E-state index in [1.54, 1.807) is 13.8 Å². The fourth-order valence-electron chi connectivity index (χ4n) is 1.84. The summed E-state index contributed by atoms with van der Waals surface area (Å²) < 4.78 is 28.8. The zero-order valence-electron chi connectivity index (χ0n) is 10.9. The molecule has 2 aromatic heterocycles. The van der Waals surface area contributed by atoms with Crippen LogP contribution in [-0.4, -0.2) is 14.8 Å². The van der Waals surface area contributed by atoms with Gasteiger partial charge in [0.25, 0.3) is 5.56 Å². The Morgan fingerprint density at radius 3 is 2.53 bits per heavy atom. The Kier molecular flexibility index (Phi) is 3.42. The van der Waals surface area contributed by atoms with Crippen LogP contribution in [0.5, 0.6) is 0 Å². The summed E-state index contributed by atoms with van der Waals surface area (Å²) in [7, 11) is 0. The molecule has 0 N–H and O–H groups in total. The van der Waals surface area contributed by atoms with Crippen molar-refractivity contribution in [2.24, 2.45) is 0 Å². The van der Waals surface area contributed by atoms with Crippen LogP contribution in [0.15, 0.2) is 16.9 Å². The van der Waals surface area contributed by atoms with Crippen LogP contribution in [0.1, 0.15) is 18.2 Å². The lowest BCUT2D eigenvalue weighted by atomic mass is 10.1. The predicted molar refractivity (Wildman–Crippen MR) is 66.8 cm³/mol. The van der Waals surface area contributed by atoms with Gasteiger partial charge in [0.2, 0.25) is 5.95 Å². The van der Waals surface area contributed by atoms with E-state index in [0.717, 1.165) is 6.07 Å². The van der Waals surface area contributed by atoms with E-state index in [4.69, 9.17) is 0 Å². The molecule has 0 saturated carbocycles. The summed E-state index contributed by atoms with van der Waals surface area (Å²) in [5, 5.41) is 3.96. The van der Waals surface area contributed by atoms with E-state index in [1.807, 2.05) is 0 Å². The second-order valence-corrected chi connectivity index (χ2v) is 4.24. The van der Waals surface area contributed by atoms with E-state index in [2.05, 4.69) is 10.1 Å². The maximum absolute atomic E-state index is 13.9. The first-order chi connectivity index (χ1) is 8.93. The molecule has 0 atom stereocenters. The number of hydrogen-bond acceptors (Lipinski definition) is 3. The molecule has 100 valence electrons. The second kappa shape index (κ2) is 4.87. The summed E-state index contributed by atoms with van der Waals surface area (Å²) in [6.45, 7) is 5.15. The van der Waals surface area contributed by atoms with E-state index in [1.165, 1.54) is 17.7 Å². The Labute approximate surface area is 108 Å². The van der Waals surface area contributed by atoms with E-state index < -0.39 is 11.8 Å². The van der Waals surface area contributed by atoms with Crippen molar-refractivity contribution in [1.29, 1.82) is 0 Å². The first-order valence-electron chi connectivity index (χ1n) is 5.85. The van der Waals surface area contributed by atoms with Crippen molar-refractivity contribution in [2.75, 3.05) is 0 Å². The Bertz CT molecular complexity index is 672. The molecule has 0 aromatic carbocycles. The molecule has 0 unspecified atom stereocenters. The molecule has 0 saturated heterocycles. The third-order valence-electron chi connectivity index (χ3n) is 2.76. The van der Waals surface area contributed by atoms with Crippen molar-refractivity contribution < 1.29 is 8.78 Å². The minimum Gasteiger partial charge on any atom is -0.268 e. The van der Waals surface area contributed by atoms with Crippen molar-refractivity contribution in [3.63, 3.8) is 0 Å². The lowest BCUT2D eigenvalue weighted by Gasteiger charge is -2.08. The zero-order valence-corrected chi connectivity index (χ0v) is 10.9. The molecule has 6 heteroatoms. The molecule has 19 heavy (non-hydrogen) atoms. The van der Waals surface area contributed by atoms with Gasteiger partial charge in [-0.2, -0.15) is 9.49 Å². The highest BCUT2D eigenvalue weighted by atomic mass is 19.1. The molecule has 2 heterocycles. The van der Waals surface area contributed by atoms with Crippen LogP contribution < -0.4 is 5.56 Å². The van der Waals surface area contributed by atoms with Crippen LogP contribution in [0.3, 0.4) is 0 Å². The van der Waals surface area contributed by atoms with Crippen LogP contribution in [0, 0.1) is 25.6 Å².